The highest BCUT2D eigenvalue weighted by molar-refractivity contribution is 5.80. The Morgan fingerprint density at radius 1 is 0.737 bits per heavy atom. The van der Waals surface area contributed by atoms with Crippen molar-refractivity contribution >= 4 is 5.97 Å². The maximum absolute atomic E-state index is 13.4. The fourth-order valence-electron chi connectivity index (χ4n) is 1.44. The van der Waals surface area contributed by atoms with Crippen LogP contribution >= 0.6 is 0 Å². The Kier molecular flexibility index (Phi) is 2.94. The Balaban J connectivity index is 3.60. The molecule has 0 aromatic carbocycles. The summed E-state index contributed by atoms with van der Waals surface area (Å²) in [4.78, 5) is 9.92. The number of alkyl halides is 9. The van der Waals surface area contributed by atoms with Gasteiger partial charge in [0.2, 0.25) is 0 Å². The monoisotopic (exact) mass is 302 g/mol. The van der Waals surface area contributed by atoms with E-state index < -0.39 is 47.5 Å². The van der Waals surface area contributed by atoms with E-state index in [9.17, 15) is 44.3 Å². The molecular formula is C8H3F9O2. The lowest BCUT2D eigenvalue weighted by Gasteiger charge is -2.27. The predicted molar refractivity (Wildman–Crippen MR) is 40.4 cm³/mol. The second-order valence-electron chi connectivity index (χ2n) is 3.68. The number of allylic oxidation sites excluding steroid dienone is 1. The quantitative estimate of drug-likeness (QED) is 0.629. The highest BCUT2D eigenvalue weighted by Gasteiger charge is 2.99. The first kappa shape index (κ1) is 15.6. The standard InChI is InChI=1S/C8H3F9O2/c9-4(2-1-3(18)19)5(10,11)7(14,15)8(16,17)6(4,12)13/h1-2H,(H,18,19). The molecule has 0 bridgehead atoms. The second kappa shape index (κ2) is 3.57. The molecule has 1 aliphatic carbocycles. The fraction of sp³-hybridized carbons (Fsp3) is 0.625. The topological polar surface area (TPSA) is 37.3 Å². The number of aliphatic carboxylic acids is 1. The van der Waals surface area contributed by atoms with Crippen molar-refractivity contribution in [1.82, 2.24) is 0 Å². The van der Waals surface area contributed by atoms with Gasteiger partial charge in [0.15, 0.2) is 0 Å². The summed E-state index contributed by atoms with van der Waals surface area (Å²) < 4.78 is 115. The third-order valence-electron chi connectivity index (χ3n) is 2.55. The van der Waals surface area contributed by atoms with Crippen LogP contribution in [0.25, 0.3) is 0 Å². The molecule has 0 saturated heterocycles. The summed E-state index contributed by atoms with van der Waals surface area (Å²) in [6.07, 6.45) is -1.89. The molecule has 0 aromatic heterocycles. The van der Waals surface area contributed by atoms with Crippen LogP contribution in [-0.4, -0.2) is 40.4 Å². The molecule has 0 unspecified atom stereocenters. The molecule has 1 saturated carbocycles. The number of rotatable bonds is 2. The van der Waals surface area contributed by atoms with Gasteiger partial charge in [-0.2, -0.15) is 35.1 Å². The molecule has 2 nitrogen and oxygen atoms in total. The maximum atomic E-state index is 13.4. The third kappa shape index (κ3) is 1.43. The summed E-state index contributed by atoms with van der Waals surface area (Å²) in [7, 11) is 0. The van der Waals surface area contributed by atoms with E-state index in [2.05, 4.69) is 0 Å². The smallest absolute Gasteiger partial charge is 0.382 e. The van der Waals surface area contributed by atoms with Crippen molar-refractivity contribution in [3.63, 3.8) is 0 Å². The molecule has 1 fully saturated rings. The van der Waals surface area contributed by atoms with E-state index in [0.717, 1.165) is 0 Å². The van der Waals surface area contributed by atoms with Gasteiger partial charge in [-0.1, -0.05) is 0 Å². The molecule has 19 heavy (non-hydrogen) atoms. The number of carboxylic acid groups (broad SMARTS) is 1. The minimum Gasteiger partial charge on any atom is -0.478 e. The molecule has 0 radical (unpaired) electrons. The zero-order valence-corrected chi connectivity index (χ0v) is 8.41. The summed E-state index contributed by atoms with van der Waals surface area (Å²) >= 11 is 0. The van der Waals surface area contributed by atoms with E-state index >= 15 is 0 Å². The van der Waals surface area contributed by atoms with Crippen LogP contribution in [0.2, 0.25) is 0 Å². The fourth-order valence-corrected chi connectivity index (χ4v) is 1.44. The molecule has 110 valence electrons. The van der Waals surface area contributed by atoms with Crippen LogP contribution in [0.3, 0.4) is 0 Å². The predicted octanol–water partition coefficient (Wildman–Crippen LogP) is 2.89. The van der Waals surface area contributed by atoms with Gasteiger partial charge >= 0.3 is 29.7 Å². The summed E-state index contributed by atoms with van der Waals surface area (Å²) in [5.74, 6) is -28.7. The van der Waals surface area contributed by atoms with Crippen molar-refractivity contribution in [3.8, 4) is 0 Å². The van der Waals surface area contributed by atoms with E-state index in [-0.39, 0.29) is 0 Å². The SMILES string of the molecule is O=C(O)C=CC1(F)C(F)(F)C(F)(F)C(F)(F)C1(F)F. The van der Waals surface area contributed by atoms with E-state index in [0.29, 0.717) is 0 Å². The van der Waals surface area contributed by atoms with Crippen molar-refractivity contribution in [3.05, 3.63) is 12.2 Å². The van der Waals surface area contributed by atoms with Gasteiger partial charge in [-0.05, 0) is 6.08 Å². The summed E-state index contributed by atoms with van der Waals surface area (Å²) in [5, 5.41) is 7.97. The second-order valence-corrected chi connectivity index (χ2v) is 3.68. The van der Waals surface area contributed by atoms with Crippen LogP contribution in [-0.2, 0) is 4.79 Å². The lowest BCUT2D eigenvalue weighted by Crippen LogP contribution is -2.53. The van der Waals surface area contributed by atoms with Crippen LogP contribution in [0.15, 0.2) is 12.2 Å². The van der Waals surface area contributed by atoms with Crippen LogP contribution in [0.4, 0.5) is 39.5 Å². The van der Waals surface area contributed by atoms with Gasteiger partial charge in [-0.3, -0.25) is 0 Å². The largest absolute Gasteiger partial charge is 0.478 e. The average Bonchev–Trinajstić information content (AvgIpc) is 2.27. The van der Waals surface area contributed by atoms with Gasteiger partial charge in [0, 0.05) is 6.08 Å². The lowest BCUT2D eigenvalue weighted by atomic mass is 9.96. The Labute approximate surface area is 98.0 Å². The molecule has 1 aliphatic rings. The number of carbonyl (C=O) groups is 1. The molecule has 1 rings (SSSR count). The van der Waals surface area contributed by atoms with Crippen molar-refractivity contribution in [1.29, 1.82) is 0 Å². The van der Waals surface area contributed by atoms with Gasteiger partial charge in [0.1, 0.15) is 0 Å². The molecule has 0 spiro atoms. The van der Waals surface area contributed by atoms with Crippen molar-refractivity contribution in [2.75, 3.05) is 0 Å². The minimum absolute atomic E-state index is 0.681. The normalized spacial score (nSPS) is 29.5. The Bertz CT molecular complexity index is 414. The third-order valence-corrected chi connectivity index (χ3v) is 2.55. The van der Waals surface area contributed by atoms with Crippen LogP contribution in [0.5, 0.6) is 0 Å². The molecule has 0 atom stereocenters. The van der Waals surface area contributed by atoms with Crippen LogP contribution in [0.1, 0.15) is 0 Å². The summed E-state index contributed by atoms with van der Waals surface area (Å²) in [6.45, 7) is 0. The van der Waals surface area contributed by atoms with E-state index in [4.69, 9.17) is 5.11 Å². The maximum Gasteiger partial charge on any atom is 0.382 e. The van der Waals surface area contributed by atoms with Gasteiger partial charge < -0.3 is 5.11 Å². The number of hydrogen-bond donors (Lipinski definition) is 1. The highest BCUT2D eigenvalue weighted by atomic mass is 19.4. The molecule has 1 N–H and O–H groups in total. The molecular weight excluding hydrogens is 299 g/mol. The number of halogens is 9. The first-order valence-corrected chi connectivity index (χ1v) is 4.29. The van der Waals surface area contributed by atoms with E-state index in [1.165, 1.54) is 0 Å². The summed E-state index contributed by atoms with van der Waals surface area (Å²) in [5.41, 5.74) is -5.84. The number of hydrogen-bond acceptors (Lipinski definition) is 1. The molecule has 0 heterocycles. The first-order chi connectivity index (χ1) is 8.17. The highest BCUT2D eigenvalue weighted by Crippen LogP contribution is 2.69. The lowest BCUT2D eigenvalue weighted by molar-refractivity contribution is -0.303. The average molecular weight is 302 g/mol. The van der Waals surface area contributed by atoms with Gasteiger partial charge in [0.25, 0.3) is 5.67 Å². The Morgan fingerprint density at radius 3 is 1.32 bits per heavy atom. The van der Waals surface area contributed by atoms with Crippen LogP contribution in [0, 0.1) is 0 Å². The van der Waals surface area contributed by atoms with E-state index in [1.807, 2.05) is 0 Å². The Hall–Kier alpha value is -1.42. The van der Waals surface area contributed by atoms with E-state index in [1.54, 1.807) is 0 Å². The number of carboxylic acids is 1. The molecule has 0 amide bonds. The molecule has 11 heteroatoms. The van der Waals surface area contributed by atoms with Gasteiger partial charge in [-0.25, -0.2) is 9.18 Å². The summed E-state index contributed by atoms with van der Waals surface area (Å²) in [6, 6.07) is 0. The zero-order valence-electron chi connectivity index (χ0n) is 8.41. The van der Waals surface area contributed by atoms with Crippen molar-refractivity contribution in [2.45, 2.75) is 29.4 Å². The van der Waals surface area contributed by atoms with Gasteiger partial charge in [0.05, 0.1) is 0 Å². The van der Waals surface area contributed by atoms with Gasteiger partial charge in [-0.15, -0.1) is 0 Å². The first-order valence-electron chi connectivity index (χ1n) is 4.29. The zero-order chi connectivity index (χ0) is 15.5. The van der Waals surface area contributed by atoms with Crippen molar-refractivity contribution in [2.24, 2.45) is 0 Å². The minimum atomic E-state index is -6.69. The van der Waals surface area contributed by atoms with Crippen molar-refractivity contribution < 1.29 is 49.4 Å². The Morgan fingerprint density at radius 2 is 1.05 bits per heavy atom. The molecule has 0 aliphatic heterocycles. The van der Waals surface area contributed by atoms with Crippen LogP contribution < -0.4 is 0 Å². The molecule has 0 aromatic rings.